The Morgan fingerprint density at radius 3 is 1.75 bits per heavy atom. The van der Waals surface area contributed by atoms with E-state index in [-0.39, 0.29) is 5.41 Å². The van der Waals surface area contributed by atoms with Gasteiger partial charge in [-0.1, -0.05) is 148 Å². The summed E-state index contributed by atoms with van der Waals surface area (Å²) in [5, 5.41) is 0. The first-order valence-corrected chi connectivity index (χ1v) is 21.3. The van der Waals surface area contributed by atoms with Crippen LogP contribution < -0.4 is 4.90 Å². The Morgan fingerprint density at radius 1 is 0.533 bits per heavy atom. The van der Waals surface area contributed by atoms with Crippen LogP contribution in [-0.2, 0) is 5.41 Å². The molecule has 0 N–H and O–H groups in total. The highest BCUT2D eigenvalue weighted by Crippen LogP contribution is 2.52. The van der Waals surface area contributed by atoms with Crippen LogP contribution >= 0.6 is 11.8 Å². The Bertz CT molecular complexity index is 2890. The summed E-state index contributed by atoms with van der Waals surface area (Å²) in [6.07, 6.45) is 5.64. The van der Waals surface area contributed by atoms with Crippen molar-refractivity contribution in [2.45, 2.75) is 42.9 Å². The third-order valence-corrected chi connectivity index (χ3v) is 13.1. The second-order valence-electron chi connectivity index (χ2n) is 16.0. The van der Waals surface area contributed by atoms with Gasteiger partial charge in [0, 0.05) is 43.4 Å². The van der Waals surface area contributed by atoms with Crippen molar-refractivity contribution in [3.8, 4) is 44.9 Å². The van der Waals surface area contributed by atoms with Gasteiger partial charge in [0.05, 0.1) is 0 Å². The molecule has 0 radical (unpaired) electrons. The number of allylic oxidation sites excluding steroid dienone is 4. The van der Waals surface area contributed by atoms with Crippen molar-refractivity contribution >= 4 is 34.4 Å². The molecular weight excluding hydrogens is 747 g/mol. The molecule has 1 aliphatic carbocycles. The first kappa shape index (κ1) is 38.7. The van der Waals surface area contributed by atoms with Gasteiger partial charge in [-0.3, -0.25) is 0 Å². The second kappa shape index (κ2) is 16.1. The maximum Gasteiger partial charge on any atom is 0.134 e. The minimum atomic E-state index is -0.132. The van der Waals surface area contributed by atoms with E-state index in [1.807, 2.05) is 30.0 Å². The summed E-state index contributed by atoms with van der Waals surface area (Å²) in [6, 6.07) is 61.0. The van der Waals surface area contributed by atoms with Crippen LogP contribution in [0.3, 0.4) is 0 Å². The summed E-state index contributed by atoms with van der Waals surface area (Å²) >= 11 is 1.86. The van der Waals surface area contributed by atoms with Crippen LogP contribution in [0.25, 0.3) is 50.5 Å². The summed E-state index contributed by atoms with van der Waals surface area (Å²) in [6.45, 7) is 17.0. The van der Waals surface area contributed by atoms with Crippen LogP contribution in [-0.4, -0.2) is 0 Å². The largest absolute Gasteiger partial charge is 0.456 e. The van der Waals surface area contributed by atoms with Crippen molar-refractivity contribution in [3.05, 3.63) is 229 Å². The number of hydrogen-bond acceptors (Lipinski definition) is 3. The van der Waals surface area contributed by atoms with Gasteiger partial charge in [-0.25, -0.2) is 0 Å². The minimum Gasteiger partial charge on any atom is -0.456 e. The van der Waals surface area contributed by atoms with E-state index in [9.17, 15) is 0 Å². The third-order valence-electron chi connectivity index (χ3n) is 11.8. The van der Waals surface area contributed by atoms with Crippen molar-refractivity contribution in [1.29, 1.82) is 0 Å². The highest BCUT2D eigenvalue weighted by Gasteiger charge is 2.36. The fraction of sp³-hybridized carbons (Fsp3) is 0.0877. The molecule has 0 saturated carbocycles. The zero-order valence-corrected chi connectivity index (χ0v) is 35.4. The SMILES string of the molecule is C=C/C=C(\C=C)c1ccc(N(c2ccc(-c3ccccc3)cc2)c2ccc(-c3ccc(-c4ccc5c(c4)C(C)(C)c4cc(C)c(Sc6ccccc6C)cc4-5)o3)cc2)cc1. The third kappa shape index (κ3) is 7.27. The molecule has 1 heterocycles. The smallest absolute Gasteiger partial charge is 0.134 e. The molecule has 0 saturated heterocycles. The second-order valence-corrected chi connectivity index (χ2v) is 17.1. The molecule has 0 aliphatic heterocycles. The van der Waals surface area contributed by atoms with E-state index < -0.39 is 0 Å². The van der Waals surface area contributed by atoms with Gasteiger partial charge in [0.1, 0.15) is 11.5 Å². The van der Waals surface area contributed by atoms with E-state index in [1.165, 1.54) is 54.3 Å². The number of fused-ring (bicyclic) bond motifs is 3. The number of anilines is 3. The fourth-order valence-electron chi connectivity index (χ4n) is 8.44. The number of rotatable bonds is 11. The first-order valence-electron chi connectivity index (χ1n) is 20.5. The molecule has 8 aromatic rings. The molecule has 0 amide bonds. The Labute approximate surface area is 358 Å². The molecule has 2 nitrogen and oxygen atoms in total. The van der Waals surface area contributed by atoms with Gasteiger partial charge in [0.2, 0.25) is 0 Å². The summed E-state index contributed by atoms with van der Waals surface area (Å²) in [4.78, 5) is 4.89. The monoisotopic (exact) mass is 793 g/mol. The van der Waals surface area contributed by atoms with E-state index in [4.69, 9.17) is 4.42 Å². The summed E-state index contributed by atoms with van der Waals surface area (Å²) in [7, 11) is 0. The van der Waals surface area contributed by atoms with Gasteiger partial charge < -0.3 is 9.32 Å². The number of hydrogen-bond donors (Lipinski definition) is 0. The Balaban J connectivity index is 1.01. The molecule has 7 aromatic carbocycles. The van der Waals surface area contributed by atoms with Gasteiger partial charge >= 0.3 is 0 Å². The molecule has 292 valence electrons. The lowest BCUT2D eigenvalue weighted by atomic mass is 9.81. The van der Waals surface area contributed by atoms with Crippen LogP contribution in [0.1, 0.15) is 41.7 Å². The average Bonchev–Trinajstić information content (AvgIpc) is 3.86. The standard InChI is InChI=1S/C57H47NOS/c1-7-14-40(8-2)42-19-26-46(27-20-42)58(47-28-21-43(22-29-47)41-16-10-9-11-17-41)48-30-23-44(24-31-48)53-33-34-54(59-53)45-25-32-49-50-37-56(60-55-18-13-12-15-38(55)3)39(4)35-51(50)57(5,6)52(49)36-45/h7-37H,1-2H2,3-6H3/b40-14+. The number of furan rings is 1. The van der Waals surface area contributed by atoms with Gasteiger partial charge in [0.15, 0.2) is 0 Å². The van der Waals surface area contributed by atoms with E-state index in [0.29, 0.717) is 0 Å². The minimum absolute atomic E-state index is 0.132. The molecule has 3 heteroatoms. The zero-order valence-electron chi connectivity index (χ0n) is 34.6. The van der Waals surface area contributed by atoms with Crippen LogP contribution in [0.5, 0.6) is 0 Å². The van der Waals surface area contributed by atoms with Crippen LogP contribution in [0.15, 0.2) is 215 Å². The molecule has 0 spiro atoms. The van der Waals surface area contributed by atoms with Crippen molar-refractivity contribution in [1.82, 2.24) is 0 Å². The lowest BCUT2D eigenvalue weighted by Gasteiger charge is -2.26. The topological polar surface area (TPSA) is 16.4 Å². The first-order chi connectivity index (χ1) is 29.2. The highest BCUT2D eigenvalue weighted by molar-refractivity contribution is 7.99. The zero-order chi connectivity index (χ0) is 41.4. The van der Waals surface area contributed by atoms with Gasteiger partial charge in [0.25, 0.3) is 0 Å². The molecule has 60 heavy (non-hydrogen) atoms. The van der Waals surface area contributed by atoms with Gasteiger partial charge in [-0.2, -0.15) is 0 Å². The maximum atomic E-state index is 6.63. The number of nitrogens with zero attached hydrogens (tertiary/aromatic N) is 1. The van der Waals surface area contributed by atoms with Crippen molar-refractivity contribution in [2.75, 3.05) is 4.90 Å². The van der Waals surface area contributed by atoms with Gasteiger partial charge in [-0.05, 0) is 148 Å². The lowest BCUT2D eigenvalue weighted by molar-refractivity contribution is 0.597. The molecule has 0 atom stereocenters. The molecule has 9 rings (SSSR count). The predicted octanol–water partition coefficient (Wildman–Crippen LogP) is 16.6. The van der Waals surface area contributed by atoms with E-state index in [1.54, 1.807) is 6.08 Å². The Kier molecular flexibility index (Phi) is 10.4. The normalized spacial score (nSPS) is 12.8. The molecule has 0 bridgehead atoms. The van der Waals surface area contributed by atoms with Crippen molar-refractivity contribution in [2.24, 2.45) is 0 Å². The van der Waals surface area contributed by atoms with Gasteiger partial charge in [-0.15, -0.1) is 0 Å². The fourth-order valence-corrected chi connectivity index (χ4v) is 9.45. The van der Waals surface area contributed by atoms with E-state index in [0.717, 1.165) is 50.8 Å². The number of benzene rings is 7. The Morgan fingerprint density at radius 2 is 1.10 bits per heavy atom. The summed E-state index contributed by atoms with van der Waals surface area (Å²) in [5.74, 6) is 1.70. The predicted molar refractivity (Wildman–Crippen MR) is 256 cm³/mol. The van der Waals surface area contributed by atoms with Crippen LogP contribution in [0.2, 0.25) is 0 Å². The van der Waals surface area contributed by atoms with Crippen LogP contribution in [0.4, 0.5) is 17.1 Å². The molecule has 1 aliphatic rings. The summed E-state index contributed by atoms with van der Waals surface area (Å²) in [5.41, 5.74) is 17.6. The highest BCUT2D eigenvalue weighted by atomic mass is 32.2. The molecular formula is C57H47NOS. The average molecular weight is 794 g/mol. The maximum absolute atomic E-state index is 6.63. The van der Waals surface area contributed by atoms with E-state index >= 15 is 0 Å². The summed E-state index contributed by atoms with van der Waals surface area (Å²) < 4.78 is 6.63. The molecule has 0 unspecified atom stereocenters. The quantitative estimate of drug-likeness (QED) is 0.121. The van der Waals surface area contributed by atoms with E-state index in [2.05, 4.69) is 210 Å². The van der Waals surface area contributed by atoms with Crippen LogP contribution in [0, 0.1) is 13.8 Å². The number of aryl methyl sites for hydroxylation is 2. The molecule has 0 fully saturated rings. The Hall–Kier alpha value is -6.81. The van der Waals surface area contributed by atoms with Crippen molar-refractivity contribution in [3.63, 3.8) is 0 Å². The molecule has 1 aromatic heterocycles. The lowest BCUT2D eigenvalue weighted by Crippen LogP contribution is -2.15. The van der Waals surface area contributed by atoms with Crippen molar-refractivity contribution < 1.29 is 4.42 Å².